The number of hydrogen-bond donors (Lipinski definition) is 0. The minimum atomic E-state index is -3.89. The maximum Gasteiger partial charge on any atom is 0.391 e. The lowest BCUT2D eigenvalue weighted by atomic mass is 9.99. The quantitative estimate of drug-likeness (QED) is 0.382. The SMILES string of the molecule is Cc1ccc(/C=C\CCc2ccc(C(=O)CCC(C)C)cc2)cc1.FC(F)(F)C1CC1.[HH]. The van der Waals surface area contributed by atoms with Crippen molar-refractivity contribution in [3.63, 3.8) is 0 Å². The molecular formula is C27H35F3O. The Morgan fingerprint density at radius 2 is 1.68 bits per heavy atom. The summed E-state index contributed by atoms with van der Waals surface area (Å²) in [7, 11) is 0. The molecule has 0 unspecified atom stereocenters. The fourth-order valence-corrected chi connectivity index (χ4v) is 2.98. The Hall–Kier alpha value is -2.36. The van der Waals surface area contributed by atoms with Crippen LogP contribution < -0.4 is 0 Å². The van der Waals surface area contributed by atoms with Crippen molar-refractivity contribution in [2.75, 3.05) is 0 Å². The molecule has 0 spiro atoms. The zero-order valence-corrected chi connectivity index (χ0v) is 18.7. The topological polar surface area (TPSA) is 17.1 Å². The van der Waals surface area contributed by atoms with Crippen LogP contribution in [0.4, 0.5) is 13.2 Å². The average molecular weight is 433 g/mol. The molecule has 0 aliphatic heterocycles. The van der Waals surface area contributed by atoms with E-state index in [0.29, 0.717) is 25.2 Å². The largest absolute Gasteiger partial charge is 0.391 e. The van der Waals surface area contributed by atoms with Gasteiger partial charge in [-0.1, -0.05) is 80.1 Å². The predicted molar refractivity (Wildman–Crippen MR) is 124 cm³/mol. The number of halogens is 3. The van der Waals surface area contributed by atoms with Crippen molar-refractivity contribution in [2.24, 2.45) is 11.8 Å². The number of aryl methyl sites for hydroxylation is 2. The molecule has 0 N–H and O–H groups in total. The van der Waals surface area contributed by atoms with E-state index in [1.165, 1.54) is 16.7 Å². The van der Waals surface area contributed by atoms with Gasteiger partial charge in [-0.3, -0.25) is 4.79 Å². The highest BCUT2D eigenvalue weighted by Gasteiger charge is 2.46. The molecule has 1 saturated carbocycles. The van der Waals surface area contributed by atoms with Crippen molar-refractivity contribution in [3.8, 4) is 0 Å². The summed E-state index contributed by atoms with van der Waals surface area (Å²) < 4.78 is 33.7. The molecule has 31 heavy (non-hydrogen) atoms. The number of alkyl halides is 3. The normalized spacial score (nSPS) is 13.9. The minimum Gasteiger partial charge on any atom is -0.294 e. The summed E-state index contributed by atoms with van der Waals surface area (Å²) in [6.07, 6.45) is 4.82. The smallest absolute Gasteiger partial charge is 0.294 e. The van der Waals surface area contributed by atoms with Gasteiger partial charge >= 0.3 is 6.18 Å². The van der Waals surface area contributed by atoms with Crippen LogP contribution in [0.2, 0.25) is 0 Å². The Bertz CT molecular complexity index is 833. The fourth-order valence-electron chi connectivity index (χ4n) is 2.98. The molecule has 0 aromatic heterocycles. The highest BCUT2D eigenvalue weighted by molar-refractivity contribution is 5.96. The molecule has 1 aliphatic carbocycles. The third-order valence-corrected chi connectivity index (χ3v) is 5.25. The number of rotatable bonds is 8. The molecule has 4 heteroatoms. The molecule has 3 rings (SSSR count). The van der Waals surface area contributed by atoms with E-state index in [4.69, 9.17) is 0 Å². The summed E-state index contributed by atoms with van der Waals surface area (Å²) in [5.74, 6) is -0.115. The Morgan fingerprint density at radius 1 is 1.06 bits per heavy atom. The molecular weight excluding hydrogens is 397 g/mol. The summed E-state index contributed by atoms with van der Waals surface area (Å²) in [6.45, 7) is 6.41. The first kappa shape index (κ1) is 24.9. The maximum atomic E-state index is 12.1. The van der Waals surface area contributed by atoms with Crippen molar-refractivity contribution >= 4 is 11.9 Å². The van der Waals surface area contributed by atoms with Crippen LogP contribution in [0.3, 0.4) is 0 Å². The van der Waals surface area contributed by atoms with E-state index in [0.717, 1.165) is 24.8 Å². The van der Waals surface area contributed by atoms with Crippen LogP contribution in [0.15, 0.2) is 54.6 Å². The van der Waals surface area contributed by atoms with E-state index in [1.54, 1.807) is 0 Å². The molecule has 170 valence electrons. The van der Waals surface area contributed by atoms with Gasteiger partial charge in [0.2, 0.25) is 0 Å². The zero-order valence-electron chi connectivity index (χ0n) is 18.7. The van der Waals surface area contributed by atoms with Gasteiger partial charge < -0.3 is 0 Å². The Balaban J connectivity index is 0.000000545. The first-order valence-electron chi connectivity index (χ1n) is 11.1. The standard InChI is InChI=1S/C23H28O.C4H5F3.H2/c1-18(2)8-17-23(24)22-15-13-21(14-16-22)7-5-4-6-20-11-9-19(3)10-12-20;5-4(6,7)3-1-2-3;/h4,6,9-16,18H,5,7-8,17H2,1-3H3;3H,1-2H2;1H/b6-4-;;. The van der Waals surface area contributed by atoms with Crippen molar-refractivity contribution in [3.05, 3.63) is 76.9 Å². The van der Waals surface area contributed by atoms with Gasteiger partial charge in [0.1, 0.15) is 0 Å². The van der Waals surface area contributed by atoms with Gasteiger partial charge in [0, 0.05) is 13.4 Å². The van der Waals surface area contributed by atoms with Gasteiger partial charge in [-0.15, -0.1) is 0 Å². The first-order chi connectivity index (χ1) is 14.6. The van der Waals surface area contributed by atoms with Crippen LogP contribution in [-0.4, -0.2) is 12.0 Å². The summed E-state index contributed by atoms with van der Waals surface area (Å²) in [4.78, 5) is 12.1. The number of Topliss-reactive ketones (excluding diaryl/α,β-unsaturated/α-hetero) is 1. The van der Waals surface area contributed by atoms with Gasteiger partial charge in [-0.05, 0) is 56.1 Å². The predicted octanol–water partition coefficient (Wildman–Crippen LogP) is 8.46. The minimum absolute atomic E-state index is 0. The summed E-state index contributed by atoms with van der Waals surface area (Å²) >= 11 is 0. The Morgan fingerprint density at radius 3 is 2.16 bits per heavy atom. The number of carbonyl (C=O) groups is 1. The number of benzene rings is 2. The Kier molecular flexibility index (Phi) is 9.54. The highest BCUT2D eigenvalue weighted by atomic mass is 19.4. The van der Waals surface area contributed by atoms with Crippen LogP contribution in [0.1, 0.15) is 74.4 Å². The third kappa shape index (κ3) is 9.99. The van der Waals surface area contributed by atoms with Crippen molar-refractivity contribution in [2.45, 2.75) is 65.5 Å². The van der Waals surface area contributed by atoms with E-state index >= 15 is 0 Å². The molecule has 0 amide bonds. The molecule has 0 atom stereocenters. The lowest BCUT2D eigenvalue weighted by Gasteiger charge is -2.05. The lowest BCUT2D eigenvalue weighted by Crippen LogP contribution is -2.08. The van der Waals surface area contributed by atoms with E-state index in [2.05, 4.69) is 69.3 Å². The zero-order chi connectivity index (χ0) is 22.9. The second-order valence-corrected chi connectivity index (χ2v) is 8.72. The van der Waals surface area contributed by atoms with Crippen LogP contribution in [-0.2, 0) is 6.42 Å². The molecule has 0 radical (unpaired) electrons. The average Bonchev–Trinajstić information content (AvgIpc) is 3.57. The Labute approximate surface area is 185 Å². The summed E-state index contributed by atoms with van der Waals surface area (Å²) in [5, 5.41) is 0. The van der Waals surface area contributed by atoms with Crippen LogP contribution >= 0.6 is 0 Å². The highest BCUT2D eigenvalue weighted by Crippen LogP contribution is 2.43. The second kappa shape index (κ2) is 11.9. The van der Waals surface area contributed by atoms with Crippen molar-refractivity contribution in [1.82, 2.24) is 0 Å². The van der Waals surface area contributed by atoms with Gasteiger partial charge in [-0.2, -0.15) is 13.2 Å². The van der Waals surface area contributed by atoms with Crippen LogP contribution in [0.5, 0.6) is 0 Å². The molecule has 0 heterocycles. The van der Waals surface area contributed by atoms with E-state index in [9.17, 15) is 18.0 Å². The molecule has 0 saturated heterocycles. The number of hydrogen-bond acceptors (Lipinski definition) is 1. The number of ketones is 1. The van der Waals surface area contributed by atoms with Crippen LogP contribution in [0, 0.1) is 18.8 Å². The maximum absolute atomic E-state index is 12.1. The van der Waals surface area contributed by atoms with E-state index in [-0.39, 0.29) is 7.21 Å². The van der Waals surface area contributed by atoms with Crippen molar-refractivity contribution < 1.29 is 19.4 Å². The summed E-state index contributed by atoms with van der Waals surface area (Å²) in [6, 6.07) is 16.7. The first-order valence-corrected chi connectivity index (χ1v) is 11.1. The van der Waals surface area contributed by atoms with Crippen molar-refractivity contribution in [1.29, 1.82) is 0 Å². The van der Waals surface area contributed by atoms with Gasteiger partial charge in [0.05, 0.1) is 5.92 Å². The molecule has 1 aliphatic rings. The third-order valence-electron chi connectivity index (χ3n) is 5.25. The monoisotopic (exact) mass is 432 g/mol. The van der Waals surface area contributed by atoms with Gasteiger partial charge in [0.15, 0.2) is 5.78 Å². The number of carbonyl (C=O) groups excluding carboxylic acids is 1. The van der Waals surface area contributed by atoms with E-state index in [1.807, 2.05) is 12.1 Å². The molecule has 2 aromatic carbocycles. The van der Waals surface area contributed by atoms with Crippen LogP contribution in [0.25, 0.3) is 6.08 Å². The second-order valence-electron chi connectivity index (χ2n) is 8.72. The summed E-state index contributed by atoms with van der Waals surface area (Å²) in [5.41, 5.74) is 4.65. The molecule has 1 fully saturated rings. The molecule has 2 aromatic rings. The lowest BCUT2D eigenvalue weighted by molar-refractivity contribution is -0.147. The number of allylic oxidation sites excluding steroid dienone is 1. The van der Waals surface area contributed by atoms with Gasteiger partial charge in [0.25, 0.3) is 0 Å². The molecule has 0 bridgehead atoms. The fraction of sp³-hybridized carbons (Fsp3) is 0.444. The molecule has 1 nitrogen and oxygen atoms in total. The van der Waals surface area contributed by atoms with Gasteiger partial charge in [-0.25, -0.2) is 0 Å². The van der Waals surface area contributed by atoms with E-state index < -0.39 is 12.1 Å².